The topological polar surface area (TPSA) is 96.6 Å². The summed E-state index contributed by atoms with van der Waals surface area (Å²) >= 11 is 0. The van der Waals surface area contributed by atoms with Crippen molar-refractivity contribution in [3.8, 4) is 0 Å². The van der Waals surface area contributed by atoms with Crippen molar-refractivity contribution in [3.05, 3.63) is 18.5 Å². The van der Waals surface area contributed by atoms with E-state index in [1.165, 1.54) is 17.6 Å². The van der Waals surface area contributed by atoms with Crippen LogP contribution in [0.1, 0.15) is 0 Å². The Morgan fingerprint density at radius 2 is 2.06 bits per heavy atom. The van der Waals surface area contributed by atoms with E-state index >= 15 is 0 Å². The summed E-state index contributed by atoms with van der Waals surface area (Å²) in [6, 6.07) is 1.32. The molecule has 0 aliphatic carbocycles. The van der Waals surface area contributed by atoms with Crippen LogP contribution in [0.4, 0.5) is 18.0 Å². The van der Waals surface area contributed by atoms with Crippen LogP contribution in [0, 0.1) is 0 Å². The molecule has 7 nitrogen and oxygen atoms in total. The molecule has 17 heavy (non-hydrogen) atoms. The summed E-state index contributed by atoms with van der Waals surface area (Å²) in [6.07, 6.45) is -4.61. The zero-order valence-electron chi connectivity index (χ0n) is 7.97. The molecule has 0 aliphatic heterocycles. The van der Waals surface area contributed by atoms with Crippen LogP contribution < -0.4 is 5.32 Å². The molecular weight excluding hydrogens is 245 g/mol. The van der Waals surface area contributed by atoms with Crippen molar-refractivity contribution in [2.24, 2.45) is 4.99 Å². The number of rotatable bonds is 0. The molecule has 0 saturated heterocycles. The van der Waals surface area contributed by atoms with Gasteiger partial charge in [-0.1, -0.05) is 0 Å². The zero-order chi connectivity index (χ0) is 13.1. The maximum absolute atomic E-state index is 11.9. The molecule has 10 heteroatoms. The van der Waals surface area contributed by atoms with E-state index in [1.54, 1.807) is 0 Å². The van der Waals surface area contributed by atoms with Gasteiger partial charge in [-0.3, -0.25) is 10.1 Å². The van der Waals surface area contributed by atoms with Crippen LogP contribution in [0.2, 0.25) is 0 Å². The predicted molar refractivity (Wildman–Crippen MR) is 47.3 cm³/mol. The van der Waals surface area contributed by atoms with Crippen LogP contribution in [0.5, 0.6) is 0 Å². The Bertz CT molecular complexity index is 451. The molecule has 1 heterocycles. The van der Waals surface area contributed by atoms with Gasteiger partial charge in [-0.05, 0) is 6.07 Å². The summed E-state index contributed by atoms with van der Waals surface area (Å²) in [7, 11) is 0. The normalized spacial score (nSPS) is 12.3. The molecule has 0 unspecified atom stereocenters. The van der Waals surface area contributed by atoms with Gasteiger partial charge in [-0.25, -0.2) is 9.48 Å². The van der Waals surface area contributed by atoms with Crippen molar-refractivity contribution in [1.29, 1.82) is 0 Å². The Balaban J connectivity index is 2.95. The van der Waals surface area contributed by atoms with E-state index in [0.717, 1.165) is 6.20 Å². The summed E-state index contributed by atoms with van der Waals surface area (Å²) in [4.78, 5) is 23.7. The third kappa shape index (κ3) is 3.59. The number of carbonyl (C=O) groups is 2. The lowest BCUT2D eigenvalue weighted by Gasteiger charge is -2.09. The highest BCUT2D eigenvalue weighted by molar-refractivity contribution is 6.02. The molecule has 1 rings (SSSR count). The van der Waals surface area contributed by atoms with Crippen LogP contribution in [0.15, 0.2) is 23.5 Å². The molecule has 2 amide bonds. The van der Waals surface area contributed by atoms with Gasteiger partial charge in [0.15, 0.2) is 0 Å². The minimum absolute atomic E-state index is 0.678. The van der Waals surface area contributed by atoms with Gasteiger partial charge in [-0.15, -0.1) is 4.99 Å². The van der Waals surface area contributed by atoms with Gasteiger partial charge < -0.3 is 5.11 Å². The van der Waals surface area contributed by atoms with E-state index in [-0.39, 0.29) is 0 Å². The SMILES string of the molecule is O=C(O)N=C(NC(=O)C(F)(F)F)n1cccn1. The number of aliphatic imine (C=N–C) groups is 1. The predicted octanol–water partition coefficient (Wildman–Crippen LogP) is 0.444. The van der Waals surface area contributed by atoms with Crippen molar-refractivity contribution in [2.45, 2.75) is 6.18 Å². The van der Waals surface area contributed by atoms with E-state index < -0.39 is 24.1 Å². The van der Waals surface area contributed by atoms with Gasteiger partial charge in [0.05, 0.1) is 0 Å². The molecule has 2 N–H and O–H groups in total. The standard InChI is InChI=1S/C7H5F3N4O3/c8-7(9,10)4(15)12-5(13-6(16)17)14-3-1-2-11-14/h1-3H,(H,16,17)(H,12,13,15). The number of nitrogens with zero attached hydrogens (tertiary/aromatic N) is 3. The Kier molecular flexibility index (Phi) is 3.46. The first-order valence-electron chi connectivity index (χ1n) is 4.00. The smallest absolute Gasteiger partial charge is 0.463 e. The lowest BCUT2D eigenvalue weighted by Crippen LogP contribution is -2.44. The first kappa shape index (κ1) is 12.7. The van der Waals surface area contributed by atoms with Crippen LogP contribution in [0.25, 0.3) is 0 Å². The quantitative estimate of drug-likeness (QED) is 0.515. The molecule has 0 bridgehead atoms. The number of aromatic nitrogens is 2. The third-order valence-electron chi connectivity index (χ3n) is 1.41. The monoisotopic (exact) mass is 250 g/mol. The number of nitrogens with one attached hydrogen (secondary N) is 1. The van der Waals surface area contributed by atoms with Gasteiger partial charge in [0.2, 0.25) is 5.96 Å². The maximum atomic E-state index is 11.9. The van der Waals surface area contributed by atoms with Crippen molar-refractivity contribution >= 4 is 18.0 Å². The lowest BCUT2D eigenvalue weighted by atomic mass is 10.6. The first-order valence-corrected chi connectivity index (χ1v) is 4.00. The molecule has 0 radical (unpaired) electrons. The molecule has 1 aromatic heterocycles. The van der Waals surface area contributed by atoms with Gasteiger partial charge in [-0.2, -0.15) is 18.3 Å². The average Bonchev–Trinajstić information content (AvgIpc) is 2.66. The van der Waals surface area contributed by atoms with Crippen LogP contribution in [-0.2, 0) is 4.79 Å². The number of halogens is 3. The number of carbonyl (C=O) groups excluding carboxylic acids is 1. The second-order valence-electron chi connectivity index (χ2n) is 2.62. The number of amides is 2. The molecule has 0 aromatic carbocycles. The maximum Gasteiger partial charge on any atom is 0.471 e. The fourth-order valence-electron chi connectivity index (χ4n) is 0.794. The first-order chi connectivity index (χ1) is 7.80. The molecule has 92 valence electrons. The second-order valence-corrected chi connectivity index (χ2v) is 2.62. The van der Waals surface area contributed by atoms with E-state index in [4.69, 9.17) is 5.11 Å². The fourth-order valence-corrected chi connectivity index (χ4v) is 0.794. The number of hydrogen-bond donors (Lipinski definition) is 2. The van der Waals surface area contributed by atoms with E-state index in [9.17, 15) is 22.8 Å². The van der Waals surface area contributed by atoms with Crippen molar-refractivity contribution < 1.29 is 27.9 Å². The van der Waals surface area contributed by atoms with E-state index in [0.29, 0.717) is 4.68 Å². The summed E-state index contributed by atoms with van der Waals surface area (Å²) in [5.74, 6) is -3.20. The summed E-state index contributed by atoms with van der Waals surface area (Å²) < 4.78 is 36.5. The fraction of sp³-hybridized carbons (Fsp3) is 0.143. The van der Waals surface area contributed by atoms with Gasteiger partial charge >= 0.3 is 18.2 Å². The number of carboxylic acid groups (broad SMARTS) is 1. The van der Waals surface area contributed by atoms with Crippen LogP contribution in [0.3, 0.4) is 0 Å². The zero-order valence-corrected chi connectivity index (χ0v) is 7.97. The van der Waals surface area contributed by atoms with Crippen molar-refractivity contribution in [2.75, 3.05) is 0 Å². The summed E-state index contributed by atoms with van der Waals surface area (Å²) in [5, 5.41) is 13.1. The molecule has 0 aliphatic rings. The molecule has 0 saturated carbocycles. The Hall–Kier alpha value is -2.39. The van der Waals surface area contributed by atoms with Gasteiger partial charge in [0, 0.05) is 12.4 Å². The largest absolute Gasteiger partial charge is 0.471 e. The third-order valence-corrected chi connectivity index (χ3v) is 1.41. The minimum Gasteiger partial charge on any atom is -0.463 e. The van der Waals surface area contributed by atoms with Crippen molar-refractivity contribution in [3.63, 3.8) is 0 Å². The van der Waals surface area contributed by atoms with E-state index in [1.807, 2.05) is 0 Å². The summed E-state index contributed by atoms with van der Waals surface area (Å²) in [5.41, 5.74) is 0. The molecule has 1 aromatic rings. The lowest BCUT2D eigenvalue weighted by molar-refractivity contribution is -0.171. The Morgan fingerprint density at radius 1 is 1.41 bits per heavy atom. The van der Waals surface area contributed by atoms with Gasteiger partial charge in [0.25, 0.3) is 0 Å². The highest BCUT2D eigenvalue weighted by Gasteiger charge is 2.39. The van der Waals surface area contributed by atoms with Crippen LogP contribution in [-0.4, -0.2) is 39.0 Å². The van der Waals surface area contributed by atoms with Gasteiger partial charge in [0.1, 0.15) is 0 Å². The Morgan fingerprint density at radius 3 is 2.47 bits per heavy atom. The number of alkyl halides is 3. The Labute approximate surface area is 91.6 Å². The average molecular weight is 250 g/mol. The number of hydrogen-bond acceptors (Lipinski definition) is 3. The molecule has 0 spiro atoms. The molecule has 0 atom stereocenters. The minimum atomic E-state index is -5.15. The highest BCUT2D eigenvalue weighted by atomic mass is 19.4. The van der Waals surface area contributed by atoms with Crippen molar-refractivity contribution in [1.82, 2.24) is 15.1 Å². The van der Waals surface area contributed by atoms with E-state index in [2.05, 4.69) is 10.1 Å². The molecule has 0 fully saturated rings. The van der Waals surface area contributed by atoms with Crippen LogP contribution >= 0.6 is 0 Å². The highest BCUT2D eigenvalue weighted by Crippen LogP contribution is 2.14. The molecular formula is C7H5F3N4O3. The summed E-state index contributed by atoms with van der Waals surface area (Å²) in [6.45, 7) is 0. The second kappa shape index (κ2) is 4.63.